The second-order valence-corrected chi connectivity index (χ2v) is 0.981. The van der Waals surface area contributed by atoms with Crippen molar-refractivity contribution >= 4 is 24.7 Å². The molecule has 0 fully saturated rings. The molecule has 0 aliphatic carbocycles. The topological polar surface area (TPSA) is 71.4 Å². The van der Waals surface area contributed by atoms with Gasteiger partial charge in [-0.25, -0.2) is 0 Å². The Bertz CT molecular complexity index is 65.6. The van der Waals surface area contributed by atoms with Gasteiger partial charge in [0.25, 0.3) is 0 Å². The molecule has 0 radical (unpaired) electrons. The van der Waals surface area contributed by atoms with Gasteiger partial charge in [0.1, 0.15) is 0 Å². The summed E-state index contributed by atoms with van der Waals surface area (Å²) in [5.41, 5.74) is 0. The molecule has 0 aliphatic rings. The van der Waals surface area contributed by atoms with Crippen molar-refractivity contribution in [3.8, 4) is 0 Å². The fourth-order valence-electron chi connectivity index (χ4n) is 0. The molecule has 0 aromatic carbocycles. The second-order valence-electron chi connectivity index (χ2n) is 0.238. The molecule has 0 heterocycles. The van der Waals surface area contributed by atoms with E-state index in [1.165, 1.54) is 0 Å². The van der Waals surface area contributed by atoms with Gasteiger partial charge in [0.2, 0.25) is 0 Å². The Balaban J connectivity index is 0. The molecule has 0 aromatic heterocycles. The minimum atomic E-state index is -3.69. The van der Waals surface area contributed by atoms with Crippen LogP contribution >= 0.6 is 0 Å². The summed E-state index contributed by atoms with van der Waals surface area (Å²) < 4.78 is 32.8. The fraction of sp³-hybridized carbons (Fsp3) is 0. The number of hydrogen-bond acceptors (Lipinski definition) is 3. The molecule has 0 spiro atoms. The maximum absolute atomic E-state index is 8.67. The van der Waals surface area contributed by atoms with Crippen molar-refractivity contribution in [2.24, 2.45) is 0 Å². The zero-order chi connectivity index (χ0) is 5.58. The first-order valence-corrected chi connectivity index (χ1v) is 4.12. The van der Waals surface area contributed by atoms with Gasteiger partial charge in [-0.3, -0.25) is 0 Å². The van der Waals surface area contributed by atoms with E-state index in [1.54, 1.807) is 0 Å². The molecule has 0 bridgehead atoms. The molecule has 4 nitrogen and oxygen atoms in total. The van der Waals surface area contributed by atoms with E-state index in [0.29, 0.717) is 0 Å². The van der Waals surface area contributed by atoms with E-state index in [1.807, 2.05) is 0 Å². The summed E-state index contributed by atoms with van der Waals surface area (Å²) in [6.45, 7) is 0. The van der Waals surface area contributed by atoms with Crippen LogP contribution in [-0.4, -0.2) is 28.8 Å². The van der Waals surface area contributed by atoms with Crippen molar-refractivity contribution in [1.29, 1.82) is 0 Å². The molecule has 0 amide bonds. The van der Waals surface area contributed by atoms with Gasteiger partial charge in [0, 0.05) is 0 Å². The van der Waals surface area contributed by atoms with E-state index in [0.717, 1.165) is 0 Å². The van der Waals surface area contributed by atoms with Gasteiger partial charge in [-0.05, 0) is 0 Å². The van der Waals surface area contributed by atoms with Gasteiger partial charge < -0.3 is 0 Å². The molecule has 0 atom stereocenters. The fourth-order valence-corrected chi connectivity index (χ4v) is 0. The van der Waals surface area contributed by atoms with Crippen LogP contribution in [0.1, 0.15) is 0 Å². The summed E-state index contributed by atoms with van der Waals surface area (Å²) in [6, 6.07) is 0. The van der Waals surface area contributed by atoms with Crippen molar-refractivity contribution < 1.29 is 29.6 Å². The van der Waals surface area contributed by atoms with Crippen LogP contribution in [-0.2, 0) is 25.6 Å². The normalized spacial score (nSPS) is 4.83. The number of hydrogen-bond donors (Lipinski definition) is 1. The van der Waals surface area contributed by atoms with Gasteiger partial charge in [-0.1, -0.05) is 0 Å². The zero-order valence-corrected chi connectivity index (χ0v) is 7.90. The first-order chi connectivity index (χ1) is 2.73. The van der Waals surface area contributed by atoms with Crippen LogP contribution in [0.2, 0.25) is 0 Å². The third kappa shape index (κ3) is 103. The van der Waals surface area contributed by atoms with Crippen LogP contribution in [0, 0.1) is 0 Å². The summed E-state index contributed by atoms with van der Waals surface area (Å²) in [6.07, 6.45) is 0. The van der Waals surface area contributed by atoms with Gasteiger partial charge in [0.05, 0.1) is 0 Å². The Morgan fingerprint density at radius 3 is 1.33 bits per heavy atom. The Labute approximate surface area is 54.2 Å². The molecule has 0 aromatic rings. The van der Waals surface area contributed by atoms with E-state index in [4.69, 9.17) is 14.2 Å². The molecule has 0 unspecified atom stereocenters. The molecule has 1 N–H and O–H groups in total. The van der Waals surface area contributed by atoms with E-state index in [9.17, 15) is 0 Å². The molecule has 36 valence electrons. The van der Waals surface area contributed by atoms with E-state index >= 15 is 0 Å². The first-order valence-electron chi connectivity index (χ1n) is 0.769. The standard InChI is InChI=1S/Bi.H2O.3O.V.H/h;1H2;;;;;/q;;;;;+1;/p-1. The van der Waals surface area contributed by atoms with E-state index in [-0.39, 0.29) is 24.7 Å². The molecule has 6 heavy (non-hydrogen) atoms. The average molecular weight is 326 g/mol. The predicted octanol–water partition coefficient (Wildman–Crippen LogP) is -1.56. The maximum atomic E-state index is 8.67. The summed E-state index contributed by atoms with van der Waals surface area (Å²) in [5, 5.41) is 0. The van der Waals surface area contributed by atoms with Crippen molar-refractivity contribution in [2.45, 2.75) is 0 Å². The molecule has 0 saturated heterocycles. The third-order valence-corrected chi connectivity index (χ3v) is 0. The summed E-state index contributed by atoms with van der Waals surface area (Å²) >= 11 is -3.63. The van der Waals surface area contributed by atoms with Crippen LogP contribution < -0.4 is 0 Å². The Hall–Kier alpha value is 0.828. The molecule has 6 heteroatoms. The molecule has 0 rings (SSSR count). The van der Waals surface area contributed by atoms with E-state index in [2.05, 4.69) is 0 Å². The molecule has 0 saturated carbocycles. The predicted molar refractivity (Wildman–Crippen MR) is 11.4 cm³/mol. The van der Waals surface area contributed by atoms with Gasteiger partial charge in [0.15, 0.2) is 0 Å². The van der Waals surface area contributed by atoms with Crippen LogP contribution in [0.5, 0.6) is 0 Å². The molecular formula is H2BiO4V. The Morgan fingerprint density at radius 2 is 1.33 bits per heavy atom. The minimum absolute atomic E-state index is 0.0556. The van der Waals surface area contributed by atoms with Crippen molar-refractivity contribution in [3.05, 3.63) is 0 Å². The quantitative estimate of drug-likeness (QED) is 0.547. The summed E-state index contributed by atoms with van der Waals surface area (Å²) in [5.74, 6) is 0. The molecule has 0 aliphatic heterocycles. The van der Waals surface area contributed by atoms with E-state index < -0.39 is 15.4 Å². The Morgan fingerprint density at radius 1 is 1.33 bits per heavy atom. The Kier molecular flexibility index (Phi) is 15.4. The van der Waals surface area contributed by atoms with Crippen LogP contribution in [0.4, 0.5) is 0 Å². The van der Waals surface area contributed by atoms with Crippen LogP contribution in [0.3, 0.4) is 0 Å². The summed E-state index contributed by atoms with van der Waals surface area (Å²) in [4.78, 5) is 0. The van der Waals surface area contributed by atoms with Crippen LogP contribution in [0.25, 0.3) is 0 Å². The third-order valence-electron chi connectivity index (χ3n) is 0. The summed E-state index contributed by atoms with van der Waals surface area (Å²) in [7, 11) is 0. The van der Waals surface area contributed by atoms with Crippen molar-refractivity contribution in [2.75, 3.05) is 0 Å². The van der Waals surface area contributed by atoms with Crippen LogP contribution in [0.15, 0.2) is 0 Å². The molecular weight excluding hydrogens is 324 g/mol. The zero-order valence-electron chi connectivity index (χ0n) is 2.62. The average Bonchev–Trinajstić information content (AvgIpc) is 1.41. The SMILES string of the molecule is [O]=[BiH].[O]=[V](=[O])[OH]. The number of rotatable bonds is 0. The van der Waals surface area contributed by atoms with Gasteiger partial charge in [-0.15, -0.1) is 0 Å². The van der Waals surface area contributed by atoms with Gasteiger partial charge >= 0.3 is 54.3 Å². The van der Waals surface area contributed by atoms with Crippen molar-refractivity contribution in [1.82, 2.24) is 0 Å². The second kappa shape index (κ2) is 9.27. The monoisotopic (exact) mass is 326 g/mol. The van der Waals surface area contributed by atoms with Gasteiger partial charge in [-0.2, -0.15) is 0 Å². The van der Waals surface area contributed by atoms with Crippen molar-refractivity contribution in [3.63, 3.8) is 0 Å². The first kappa shape index (κ1) is 9.95.